The number of rotatable bonds is 3. The van der Waals surface area contributed by atoms with Crippen molar-refractivity contribution in [3.63, 3.8) is 0 Å². The van der Waals surface area contributed by atoms with Gasteiger partial charge in [0, 0.05) is 44.1 Å². The number of carbonyl (C=O) groups is 1. The van der Waals surface area contributed by atoms with Crippen molar-refractivity contribution >= 4 is 27.7 Å². The number of hydrogen-bond donors (Lipinski definition) is 0. The first kappa shape index (κ1) is 18.6. The molecule has 1 saturated heterocycles. The first-order chi connectivity index (χ1) is 13.5. The number of aromatic nitrogens is 4. The van der Waals surface area contributed by atoms with E-state index < -0.39 is 0 Å². The summed E-state index contributed by atoms with van der Waals surface area (Å²) in [4.78, 5) is 25.4. The lowest BCUT2D eigenvalue weighted by atomic mass is 10.1. The first-order valence-electron chi connectivity index (χ1n) is 9.17. The monoisotopic (exact) mass is 440 g/mol. The second kappa shape index (κ2) is 7.71. The van der Waals surface area contributed by atoms with E-state index in [0.717, 1.165) is 40.5 Å². The Labute approximate surface area is 172 Å². The normalized spacial score (nSPS) is 14.4. The van der Waals surface area contributed by atoms with Crippen molar-refractivity contribution in [1.29, 1.82) is 0 Å². The second-order valence-electron chi connectivity index (χ2n) is 6.79. The van der Waals surface area contributed by atoms with E-state index in [1.807, 2.05) is 47.7 Å². The van der Waals surface area contributed by atoms with Crippen LogP contribution < -0.4 is 4.90 Å². The summed E-state index contributed by atoms with van der Waals surface area (Å²) in [6.45, 7) is 6.82. The lowest BCUT2D eigenvalue weighted by molar-refractivity contribution is 0.0746. The molecule has 4 rings (SSSR count). The highest BCUT2D eigenvalue weighted by Gasteiger charge is 2.23. The summed E-state index contributed by atoms with van der Waals surface area (Å²) < 4.78 is 2.89. The van der Waals surface area contributed by atoms with Gasteiger partial charge in [0.05, 0.1) is 27.7 Å². The zero-order chi connectivity index (χ0) is 19.7. The van der Waals surface area contributed by atoms with Gasteiger partial charge < -0.3 is 9.80 Å². The quantitative estimate of drug-likeness (QED) is 0.625. The standard InChI is InChI=1S/C20H21BrN6O/c1-14-19(21)15(2)27(24-14)17-5-3-16(4-6-17)20(28)26-11-9-25(10-12-26)18-13-22-7-8-23-18/h3-8,13H,9-12H2,1-2H3. The van der Waals surface area contributed by atoms with Crippen LogP contribution in [0.15, 0.2) is 47.3 Å². The molecular weight excluding hydrogens is 420 g/mol. The zero-order valence-electron chi connectivity index (χ0n) is 15.8. The van der Waals surface area contributed by atoms with Crippen LogP contribution in [0.3, 0.4) is 0 Å². The van der Waals surface area contributed by atoms with Gasteiger partial charge in [0.15, 0.2) is 0 Å². The molecule has 3 heterocycles. The molecule has 8 heteroatoms. The molecule has 144 valence electrons. The van der Waals surface area contributed by atoms with Crippen molar-refractivity contribution in [2.75, 3.05) is 31.1 Å². The lowest BCUT2D eigenvalue weighted by Crippen LogP contribution is -2.49. The van der Waals surface area contributed by atoms with Crippen LogP contribution >= 0.6 is 15.9 Å². The van der Waals surface area contributed by atoms with E-state index in [1.54, 1.807) is 18.6 Å². The van der Waals surface area contributed by atoms with Gasteiger partial charge >= 0.3 is 0 Å². The molecule has 0 saturated carbocycles. The van der Waals surface area contributed by atoms with E-state index in [-0.39, 0.29) is 5.91 Å². The predicted octanol–water partition coefficient (Wildman–Crippen LogP) is 3.00. The molecule has 28 heavy (non-hydrogen) atoms. The van der Waals surface area contributed by atoms with Crippen LogP contribution in [0.4, 0.5) is 5.82 Å². The summed E-state index contributed by atoms with van der Waals surface area (Å²) in [5, 5.41) is 4.54. The molecule has 1 aromatic carbocycles. The maximum absolute atomic E-state index is 12.9. The first-order valence-corrected chi connectivity index (χ1v) is 9.96. The smallest absolute Gasteiger partial charge is 0.253 e. The fourth-order valence-corrected chi connectivity index (χ4v) is 3.64. The molecule has 0 unspecified atom stereocenters. The maximum Gasteiger partial charge on any atom is 0.253 e. The number of hydrogen-bond acceptors (Lipinski definition) is 5. The van der Waals surface area contributed by atoms with Crippen molar-refractivity contribution in [3.8, 4) is 5.69 Å². The van der Waals surface area contributed by atoms with Crippen molar-refractivity contribution in [2.45, 2.75) is 13.8 Å². The Bertz CT molecular complexity index is 978. The Morgan fingerprint density at radius 1 is 1.04 bits per heavy atom. The van der Waals surface area contributed by atoms with E-state index in [2.05, 4.69) is 35.9 Å². The molecule has 1 aliphatic heterocycles. The highest BCUT2D eigenvalue weighted by atomic mass is 79.9. The molecule has 0 aliphatic carbocycles. The minimum atomic E-state index is 0.0555. The van der Waals surface area contributed by atoms with Crippen LogP contribution in [-0.2, 0) is 0 Å². The van der Waals surface area contributed by atoms with Crippen LogP contribution in [0.5, 0.6) is 0 Å². The number of nitrogens with zero attached hydrogens (tertiary/aromatic N) is 6. The molecule has 2 aromatic heterocycles. The molecule has 1 fully saturated rings. The molecule has 0 bridgehead atoms. The summed E-state index contributed by atoms with van der Waals surface area (Å²) in [6, 6.07) is 7.62. The van der Waals surface area contributed by atoms with Gasteiger partial charge in [-0.1, -0.05) is 0 Å². The van der Waals surface area contributed by atoms with E-state index in [0.29, 0.717) is 18.7 Å². The van der Waals surface area contributed by atoms with E-state index in [1.165, 1.54) is 0 Å². The summed E-state index contributed by atoms with van der Waals surface area (Å²) in [6.07, 6.45) is 5.11. The van der Waals surface area contributed by atoms with Gasteiger partial charge in [0.2, 0.25) is 0 Å². The van der Waals surface area contributed by atoms with E-state index in [4.69, 9.17) is 0 Å². The molecule has 7 nitrogen and oxygen atoms in total. The van der Waals surface area contributed by atoms with Crippen molar-refractivity contribution < 1.29 is 4.79 Å². The minimum Gasteiger partial charge on any atom is -0.352 e. The van der Waals surface area contributed by atoms with Gasteiger partial charge in [0.25, 0.3) is 5.91 Å². The largest absolute Gasteiger partial charge is 0.352 e. The number of benzene rings is 1. The van der Waals surface area contributed by atoms with Crippen molar-refractivity contribution in [1.82, 2.24) is 24.6 Å². The maximum atomic E-state index is 12.9. The Morgan fingerprint density at radius 3 is 2.32 bits per heavy atom. The number of amides is 1. The molecule has 1 aliphatic rings. The molecule has 0 N–H and O–H groups in total. The molecule has 0 spiro atoms. The summed E-state index contributed by atoms with van der Waals surface area (Å²) >= 11 is 3.55. The topological polar surface area (TPSA) is 67.2 Å². The Kier molecular flexibility index (Phi) is 5.13. The predicted molar refractivity (Wildman–Crippen MR) is 111 cm³/mol. The highest BCUT2D eigenvalue weighted by molar-refractivity contribution is 9.10. The lowest BCUT2D eigenvalue weighted by Gasteiger charge is -2.35. The highest BCUT2D eigenvalue weighted by Crippen LogP contribution is 2.23. The van der Waals surface area contributed by atoms with Crippen LogP contribution in [0.2, 0.25) is 0 Å². The van der Waals surface area contributed by atoms with E-state index in [9.17, 15) is 4.79 Å². The summed E-state index contributed by atoms with van der Waals surface area (Å²) in [5.74, 6) is 0.912. The molecule has 0 atom stereocenters. The molecule has 1 amide bonds. The van der Waals surface area contributed by atoms with Crippen molar-refractivity contribution in [3.05, 3.63) is 64.3 Å². The molecule has 0 radical (unpaired) electrons. The van der Waals surface area contributed by atoms with Crippen LogP contribution in [0, 0.1) is 13.8 Å². The molecular formula is C20H21BrN6O. The van der Waals surface area contributed by atoms with Gasteiger partial charge in [-0.05, 0) is 54.0 Å². The Balaban J connectivity index is 1.44. The third-order valence-electron chi connectivity index (χ3n) is 5.00. The number of halogens is 1. The van der Waals surface area contributed by atoms with Gasteiger partial charge in [0.1, 0.15) is 5.82 Å². The summed E-state index contributed by atoms with van der Waals surface area (Å²) in [5.41, 5.74) is 3.61. The Hall–Kier alpha value is -2.74. The minimum absolute atomic E-state index is 0.0555. The second-order valence-corrected chi connectivity index (χ2v) is 7.58. The average Bonchev–Trinajstić information content (AvgIpc) is 3.01. The fourth-order valence-electron chi connectivity index (χ4n) is 3.40. The fraction of sp³-hybridized carbons (Fsp3) is 0.300. The third-order valence-corrected chi connectivity index (χ3v) is 6.15. The summed E-state index contributed by atoms with van der Waals surface area (Å²) in [7, 11) is 0. The number of aryl methyl sites for hydroxylation is 1. The van der Waals surface area contributed by atoms with Gasteiger partial charge in [-0.25, -0.2) is 9.67 Å². The zero-order valence-corrected chi connectivity index (χ0v) is 17.4. The van der Waals surface area contributed by atoms with E-state index >= 15 is 0 Å². The van der Waals surface area contributed by atoms with Crippen molar-refractivity contribution in [2.24, 2.45) is 0 Å². The Morgan fingerprint density at radius 2 is 1.75 bits per heavy atom. The van der Waals surface area contributed by atoms with Crippen LogP contribution in [-0.4, -0.2) is 56.7 Å². The molecule has 3 aromatic rings. The third kappa shape index (κ3) is 3.52. The number of carbonyl (C=O) groups excluding carboxylic acids is 1. The van der Waals surface area contributed by atoms with Crippen LogP contribution in [0.25, 0.3) is 5.69 Å². The average molecular weight is 441 g/mol. The number of piperazine rings is 1. The number of anilines is 1. The van der Waals surface area contributed by atoms with Gasteiger partial charge in [-0.15, -0.1) is 0 Å². The van der Waals surface area contributed by atoms with Gasteiger partial charge in [-0.3, -0.25) is 9.78 Å². The SMILES string of the molecule is Cc1nn(-c2ccc(C(=O)N3CCN(c4cnccn4)CC3)cc2)c(C)c1Br. The van der Waals surface area contributed by atoms with Crippen LogP contribution in [0.1, 0.15) is 21.7 Å². The van der Waals surface area contributed by atoms with Gasteiger partial charge in [-0.2, -0.15) is 5.10 Å².